The molecule has 1 heterocycles. The fraction of sp³-hybridized carbons (Fsp3) is 0.214. The van der Waals surface area contributed by atoms with E-state index in [-0.39, 0.29) is 6.04 Å². The van der Waals surface area contributed by atoms with Gasteiger partial charge in [-0.3, -0.25) is 4.98 Å². The molecule has 0 fully saturated rings. The summed E-state index contributed by atoms with van der Waals surface area (Å²) >= 11 is 9.67. The third kappa shape index (κ3) is 3.31. The highest BCUT2D eigenvalue weighted by molar-refractivity contribution is 9.10. The van der Waals surface area contributed by atoms with Gasteiger partial charge in [0.25, 0.3) is 0 Å². The first-order chi connectivity index (χ1) is 8.70. The highest BCUT2D eigenvalue weighted by Crippen LogP contribution is 2.24. The van der Waals surface area contributed by atoms with Crippen LogP contribution in [0.1, 0.15) is 17.3 Å². The van der Waals surface area contributed by atoms with Crippen LogP contribution in [-0.4, -0.2) is 12.0 Å². The highest BCUT2D eigenvalue weighted by atomic mass is 79.9. The summed E-state index contributed by atoms with van der Waals surface area (Å²) in [6, 6.07) is 12.1. The Labute approximate surface area is 121 Å². The van der Waals surface area contributed by atoms with Crippen LogP contribution in [0.4, 0.5) is 0 Å². The van der Waals surface area contributed by atoms with E-state index < -0.39 is 0 Å². The molecule has 0 bridgehead atoms. The number of halogens is 2. The summed E-state index contributed by atoms with van der Waals surface area (Å²) in [5.41, 5.74) is 2.13. The van der Waals surface area contributed by atoms with E-state index in [2.05, 4.69) is 38.4 Å². The summed E-state index contributed by atoms with van der Waals surface area (Å²) in [5.74, 6) is 0. The van der Waals surface area contributed by atoms with Crippen molar-refractivity contribution in [1.82, 2.24) is 10.3 Å². The molecule has 0 saturated carbocycles. The lowest BCUT2D eigenvalue weighted by Crippen LogP contribution is -2.20. The van der Waals surface area contributed by atoms with Crippen molar-refractivity contribution < 1.29 is 0 Å². The summed E-state index contributed by atoms with van der Waals surface area (Å²) in [7, 11) is 1.92. The van der Waals surface area contributed by atoms with Crippen molar-refractivity contribution in [2.24, 2.45) is 0 Å². The molecule has 0 spiro atoms. The lowest BCUT2D eigenvalue weighted by atomic mass is 10.0. The monoisotopic (exact) mass is 324 g/mol. The van der Waals surface area contributed by atoms with Crippen molar-refractivity contribution in [2.45, 2.75) is 12.5 Å². The van der Waals surface area contributed by atoms with Gasteiger partial charge in [0.1, 0.15) is 0 Å². The predicted octanol–water partition coefficient (Wildman–Crippen LogP) is 4.00. The lowest BCUT2D eigenvalue weighted by Gasteiger charge is -2.17. The summed E-state index contributed by atoms with van der Waals surface area (Å²) in [6.45, 7) is 0. The fourth-order valence-electron chi connectivity index (χ4n) is 1.89. The van der Waals surface area contributed by atoms with Gasteiger partial charge >= 0.3 is 0 Å². The first-order valence-electron chi connectivity index (χ1n) is 5.73. The maximum absolute atomic E-state index is 6.18. The van der Waals surface area contributed by atoms with Crippen LogP contribution in [-0.2, 0) is 6.42 Å². The number of aromatic nitrogens is 1. The van der Waals surface area contributed by atoms with E-state index in [1.165, 1.54) is 5.56 Å². The zero-order valence-electron chi connectivity index (χ0n) is 10.0. The number of benzene rings is 1. The molecule has 0 saturated heterocycles. The topological polar surface area (TPSA) is 24.9 Å². The number of hydrogen-bond donors (Lipinski definition) is 1. The van der Waals surface area contributed by atoms with Crippen LogP contribution < -0.4 is 5.32 Å². The van der Waals surface area contributed by atoms with Crippen molar-refractivity contribution in [3.8, 4) is 0 Å². The van der Waals surface area contributed by atoms with Crippen molar-refractivity contribution in [1.29, 1.82) is 0 Å². The normalized spacial score (nSPS) is 12.4. The Morgan fingerprint density at radius 1 is 1.33 bits per heavy atom. The van der Waals surface area contributed by atoms with Gasteiger partial charge in [-0.05, 0) is 43.3 Å². The van der Waals surface area contributed by atoms with Gasteiger partial charge in [0.2, 0.25) is 0 Å². The van der Waals surface area contributed by atoms with E-state index in [9.17, 15) is 0 Å². The second-order valence-corrected chi connectivity index (χ2v) is 5.37. The molecule has 0 aliphatic carbocycles. The number of nitrogens with one attached hydrogen (secondary N) is 1. The van der Waals surface area contributed by atoms with Crippen LogP contribution >= 0.6 is 27.5 Å². The minimum atomic E-state index is 0.119. The van der Waals surface area contributed by atoms with Gasteiger partial charge in [0.15, 0.2) is 0 Å². The first-order valence-corrected chi connectivity index (χ1v) is 6.90. The second kappa shape index (κ2) is 6.32. The molecule has 1 aromatic heterocycles. The smallest absolute Gasteiger partial charge is 0.0762 e. The fourth-order valence-corrected chi connectivity index (χ4v) is 2.59. The molecule has 2 aromatic rings. The molecule has 0 radical (unpaired) electrons. The van der Waals surface area contributed by atoms with Crippen molar-refractivity contribution in [3.05, 3.63) is 63.3 Å². The van der Waals surface area contributed by atoms with Gasteiger partial charge < -0.3 is 5.32 Å². The van der Waals surface area contributed by atoms with Crippen molar-refractivity contribution in [2.75, 3.05) is 7.05 Å². The standard InChI is InChI=1S/C14H14BrClN2/c1-17-13(14-12(16)6-3-7-18-14)9-10-4-2-5-11(15)8-10/h2-8,13,17H,9H2,1H3. The number of hydrogen-bond acceptors (Lipinski definition) is 2. The summed E-state index contributed by atoms with van der Waals surface area (Å²) in [4.78, 5) is 4.36. The molecule has 94 valence electrons. The molecule has 0 aliphatic rings. The molecule has 18 heavy (non-hydrogen) atoms. The van der Waals surface area contributed by atoms with Crippen LogP contribution in [0.25, 0.3) is 0 Å². The Morgan fingerprint density at radius 3 is 2.83 bits per heavy atom. The third-order valence-corrected chi connectivity index (χ3v) is 3.61. The van der Waals surface area contributed by atoms with Crippen LogP contribution in [0, 0.1) is 0 Å². The molecule has 1 N–H and O–H groups in total. The molecule has 2 nitrogen and oxygen atoms in total. The maximum Gasteiger partial charge on any atom is 0.0762 e. The minimum Gasteiger partial charge on any atom is -0.311 e. The average Bonchev–Trinajstić information content (AvgIpc) is 2.37. The minimum absolute atomic E-state index is 0.119. The third-order valence-electron chi connectivity index (χ3n) is 2.79. The van der Waals surface area contributed by atoms with Crippen molar-refractivity contribution >= 4 is 27.5 Å². The molecule has 4 heteroatoms. The van der Waals surface area contributed by atoms with Crippen LogP contribution in [0.3, 0.4) is 0 Å². The Bertz CT molecular complexity index is 531. The molecular weight excluding hydrogens is 312 g/mol. The molecule has 0 amide bonds. The lowest BCUT2D eigenvalue weighted by molar-refractivity contribution is 0.576. The van der Waals surface area contributed by atoms with Gasteiger partial charge in [0, 0.05) is 10.7 Å². The molecule has 2 rings (SSSR count). The molecule has 1 atom stereocenters. The van der Waals surface area contributed by atoms with E-state index in [0.29, 0.717) is 5.02 Å². The van der Waals surface area contributed by atoms with Gasteiger partial charge in [0.05, 0.1) is 16.8 Å². The van der Waals surface area contributed by atoms with Gasteiger partial charge in [-0.2, -0.15) is 0 Å². The molecule has 0 aliphatic heterocycles. The summed E-state index contributed by atoms with van der Waals surface area (Å²) in [5, 5.41) is 3.97. The molecular formula is C14H14BrClN2. The molecule has 1 aromatic carbocycles. The zero-order valence-corrected chi connectivity index (χ0v) is 12.4. The van der Waals surface area contributed by atoms with E-state index in [4.69, 9.17) is 11.6 Å². The average molecular weight is 326 g/mol. The van der Waals surface area contributed by atoms with Gasteiger partial charge in [-0.1, -0.05) is 39.7 Å². The Balaban J connectivity index is 2.23. The van der Waals surface area contributed by atoms with Gasteiger partial charge in [-0.15, -0.1) is 0 Å². The van der Waals surface area contributed by atoms with E-state index >= 15 is 0 Å². The Kier molecular flexibility index (Phi) is 4.75. The number of likely N-dealkylation sites (N-methyl/N-ethyl adjacent to an activating group) is 1. The summed E-state index contributed by atoms with van der Waals surface area (Å²) in [6.07, 6.45) is 2.62. The van der Waals surface area contributed by atoms with E-state index in [1.54, 1.807) is 6.20 Å². The number of pyridine rings is 1. The summed E-state index contributed by atoms with van der Waals surface area (Å²) < 4.78 is 1.09. The Hall–Kier alpha value is -0.900. The van der Waals surface area contributed by atoms with E-state index in [1.807, 2.05) is 31.3 Å². The maximum atomic E-state index is 6.18. The largest absolute Gasteiger partial charge is 0.311 e. The number of rotatable bonds is 4. The van der Waals surface area contributed by atoms with Gasteiger partial charge in [-0.25, -0.2) is 0 Å². The number of nitrogens with zero attached hydrogens (tertiary/aromatic N) is 1. The predicted molar refractivity (Wildman–Crippen MR) is 78.9 cm³/mol. The van der Waals surface area contributed by atoms with Crippen molar-refractivity contribution in [3.63, 3.8) is 0 Å². The first kappa shape index (κ1) is 13.5. The van der Waals surface area contributed by atoms with Crippen LogP contribution in [0.15, 0.2) is 47.1 Å². The zero-order chi connectivity index (χ0) is 13.0. The van der Waals surface area contributed by atoms with Crippen LogP contribution in [0.2, 0.25) is 5.02 Å². The molecule has 1 unspecified atom stereocenters. The van der Waals surface area contributed by atoms with E-state index in [0.717, 1.165) is 16.6 Å². The van der Waals surface area contributed by atoms with Crippen LogP contribution in [0.5, 0.6) is 0 Å². The second-order valence-electron chi connectivity index (χ2n) is 4.05. The highest BCUT2D eigenvalue weighted by Gasteiger charge is 2.14. The SMILES string of the molecule is CNC(Cc1cccc(Br)c1)c1ncccc1Cl. The Morgan fingerprint density at radius 2 is 2.17 bits per heavy atom. The quantitative estimate of drug-likeness (QED) is 0.919.